The van der Waals surface area contributed by atoms with Crippen LogP contribution < -0.4 is 5.32 Å². The van der Waals surface area contributed by atoms with Gasteiger partial charge < -0.3 is 9.88 Å². The number of nitrogens with zero attached hydrogens (tertiary/aromatic N) is 1. The Balaban J connectivity index is 1.75. The van der Waals surface area contributed by atoms with Crippen LogP contribution in [0.4, 0.5) is 5.69 Å². The summed E-state index contributed by atoms with van der Waals surface area (Å²) >= 11 is 5.85. The van der Waals surface area contributed by atoms with Crippen LogP contribution in [0.25, 0.3) is 0 Å². The predicted molar refractivity (Wildman–Crippen MR) is 73.7 cm³/mol. The molecule has 0 fully saturated rings. The molecule has 0 aliphatic rings. The van der Waals surface area contributed by atoms with Crippen molar-refractivity contribution in [3.8, 4) is 0 Å². The highest BCUT2D eigenvalue weighted by Crippen LogP contribution is 2.15. The Bertz CT molecular complexity index is 508. The molecule has 0 saturated carbocycles. The number of carbonyl (C=O) groups is 1. The number of amides is 1. The third-order valence-corrected chi connectivity index (χ3v) is 2.83. The van der Waals surface area contributed by atoms with Gasteiger partial charge in [0, 0.05) is 36.1 Å². The van der Waals surface area contributed by atoms with E-state index in [1.54, 1.807) is 12.1 Å². The van der Waals surface area contributed by atoms with Crippen molar-refractivity contribution in [3.63, 3.8) is 0 Å². The zero-order valence-corrected chi connectivity index (χ0v) is 10.7. The fourth-order valence-corrected chi connectivity index (χ4v) is 1.92. The minimum absolute atomic E-state index is 0.0180. The van der Waals surface area contributed by atoms with Crippen LogP contribution in [0.15, 0.2) is 48.8 Å². The highest BCUT2D eigenvalue weighted by Gasteiger charge is 2.02. The molecule has 18 heavy (non-hydrogen) atoms. The lowest BCUT2D eigenvalue weighted by molar-refractivity contribution is -0.116. The van der Waals surface area contributed by atoms with Gasteiger partial charge in [-0.3, -0.25) is 4.79 Å². The summed E-state index contributed by atoms with van der Waals surface area (Å²) in [6, 6.07) is 11.1. The van der Waals surface area contributed by atoms with Crippen molar-refractivity contribution >= 4 is 23.2 Å². The van der Waals surface area contributed by atoms with E-state index in [0.29, 0.717) is 11.4 Å². The molecule has 1 heterocycles. The Labute approximate surface area is 111 Å². The molecule has 0 spiro atoms. The van der Waals surface area contributed by atoms with Crippen LogP contribution in [0.2, 0.25) is 5.02 Å². The van der Waals surface area contributed by atoms with E-state index in [4.69, 9.17) is 11.6 Å². The van der Waals surface area contributed by atoms with Crippen molar-refractivity contribution in [1.82, 2.24) is 4.57 Å². The fourth-order valence-electron chi connectivity index (χ4n) is 1.73. The molecule has 0 saturated heterocycles. The van der Waals surface area contributed by atoms with E-state index < -0.39 is 0 Å². The average molecular weight is 263 g/mol. The smallest absolute Gasteiger partial charge is 0.224 e. The SMILES string of the molecule is O=C(CCCn1cccc1)Nc1cccc(Cl)c1. The summed E-state index contributed by atoms with van der Waals surface area (Å²) in [5.41, 5.74) is 0.744. The molecule has 2 aromatic rings. The highest BCUT2D eigenvalue weighted by molar-refractivity contribution is 6.30. The number of hydrogen-bond acceptors (Lipinski definition) is 1. The lowest BCUT2D eigenvalue weighted by Gasteiger charge is -2.06. The van der Waals surface area contributed by atoms with Gasteiger partial charge in [-0.2, -0.15) is 0 Å². The van der Waals surface area contributed by atoms with Crippen LogP contribution in [-0.2, 0) is 11.3 Å². The quantitative estimate of drug-likeness (QED) is 0.878. The van der Waals surface area contributed by atoms with Gasteiger partial charge in [-0.25, -0.2) is 0 Å². The molecule has 1 aromatic carbocycles. The topological polar surface area (TPSA) is 34.0 Å². The lowest BCUT2D eigenvalue weighted by atomic mass is 10.2. The zero-order valence-electron chi connectivity index (χ0n) is 9.97. The van der Waals surface area contributed by atoms with Crippen molar-refractivity contribution in [2.75, 3.05) is 5.32 Å². The van der Waals surface area contributed by atoms with Crippen molar-refractivity contribution in [3.05, 3.63) is 53.8 Å². The Hall–Kier alpha value is -1.74. The van der Waals surface area contributed by atoms with Crippen LogP contribution in [0.1, 0.15) is 12.8 Å². The van der Waals surface area contributed by atoms with Gasteiger partial charge in [0.15, 0.2) is 0 Å². The fraction of sp³-hybridized carbons (Fsp3) is 0.214. The first-order valence-corrected chi connectivity index (χ1v) is 6.28. The van der Waals surface area contributed by atoms with Crippen LogP contribution in [0, 0.1) is 0 Å². The van der Waals surface area contributed by atoms with Gasteiger partial charge in [0.2, 0.25) is 5.91 Å². The second-order valence-corrected chi connectivity index (χ2v) is 4.52. The van der Waals surface area contributed by atoms with Crippen LogP contribution in [0.5, 0.6) is 0 Å². The molecule has 4 heteroatoms. The summed E-state index contributed by atoms with van der Waals surface area (Å²) in [5.74, 6) is 0.0180. The largest absolute Gasteiger partial charge is 0.354 e. The van der Waals surface area contributed by atoms with Gasteiger partial charge in [0.25, 0.3) is 0 Å². The van der Waals surface area contributed by atoms with E-state index in [9.17, 15) is 4.79 Å². The highest BCUT2D eigenvalue weighted by atomic mass is 35.5. The molecule has 0 bridgehead atoms. The molecular formula is C14H15ClN2O. The van der Waals surface area contributed by atoms with Crippen molar-refractivity contribution in [2.24, 2.45) is 0 Å². The molecule has 0 aliphatic carbocycles. The predicted octanol–water partition coefficient (Wildman–Crippen LogP) is 3.56. The van der Waals surface area contributed by atoms with Gasteiger partial charge in [-0.15, -0.1) is 0 Å². The number of aromatic nitrogens is 1. The van der Waals surface area contributed by atoms with E-state index in [1.807, 2.05) is 36.7 Å². The number of anilines is 1. The molecule has 0 aliphatic heterocycles. The summed E-state index contributed by atoms with van der Waals surface area (Å²) in [5, 5.41) is 3.46. The van der Waals surface area contributed by atoms with Gasteiger partial charge in [0.1, 0.15) is 0 Å². The molecule has 1 amide bonds. The first-order valence-electron chi connectivity index (χ1n) is 5.90. The summed E-state index contributed by atoms with van der Waals surface area (Å²) < 4.78 is 2.06. The first kappa shape index (κ1) is 12.7. The molecule has 94 valence electrons. The number of hydrogen-bond donors (Lipinski definition) is 1. The summed E-state index contributed by atoms with van der Waals surface area (Å²) in [6.45, 7) is 0.857. The summed E-state index contributed by atoms with van der Waals surface area (Å²) in [6.07, 6.45) is 5.31. The molecular weight excluding hydrogens is 248 g/mol. The van der Waals surface area contributed by atoms with Gasteiger partial charge in [0.05, 0.1) is 0 Å². The Morgan fingerprint density at radius 2 is 2.00 bits per heavy atom. The monoisotopic (exact) mass is 262 g/mol. The number of rotatable bonds is 5. The molecule has 2 rings (SSSR count). The number of benzene rings is 1. The van der Waals surface area contributed by atoms with E-state index in [-0.39, 0.29) is 5.91 Å². The van der Waals surface area contributed by atoms with Crippen LogP contribution in [-0.4, -0.2) is 10.5 Å². The second-order valence-electron chi connectivity index (χ2n) is 4.08. The number of aryl methyl sites for hydroxylation is 1. The lowest BCUT2D eigenvalue weighted by Crippen LogP contribution is -2.12. The van der Waals surface area contributed by atoms with Crippen LogP contribution in [0.3, 0.4) is 0 Å². The molecule has 0 unspecified atom stereocenters. The molecule has 3 nitrogen and oxygen atoms in total. The maximum absolute atomic E-state index is 11.7. The van der Waals surface area contributed by atoms with Crippen LogP contribution >= 0.6 is 11.6 Å². The van der Waals surface area contributed by atoms with E-state index in [2.05, 4.69) is 9.88 Å². The number of carbonyl (C=O) groups excluding carboxylic acids is 1. The molecule has 1 aromatic heterocycles. The zero-order chi connectivity index (χ0) is 12.8. The minimum atomic E-state index is 0.0180. The summed E-state index contributed by atoms with van der Waals surface area (Å²) in [4.78, 5) is 11.7. The maximum atomic E-state index is 11.7. The Morgan fingerprint density at radius 3 is 2.72 bits per heavy atom. The number of nitrogens with one attached hydrogen (secondary N) is 1. The minimum Gasteiger partial charge on any atom is -0.354 e. The average Bonchev–Trinajstić information content (AvgIpc) is 2.82. The van der Waals surface area contributed by atoms with Crippen molar-refractivity contribution in [1.29, 1.82) is 0 Å². The van der Waals surface area contributed by atoms with Gasteiger partial charge >= 0.3 is 0 Å². The van der Waals surface area contributed by atoms with E-state index in [0.717, 1.165) is 18.7 Å². The third-order valence-electron chi connectivity index (χ3n) is 2.59. The van der Waals surface area contributed by atoms with Gasteiger partial charge in [-0.05, 0) is 36.8 Å². The van der Waals surface area contributed by atoms with Gasteiger partial charge in [-0.1, -0.05) is 17.7 Å². The first-order chi connectivity index (χ1) is 8.74. The molecule has 0 atom stereocenters. The molecule has 0 radical (unpaired) electrons. The second kappa shape index (κ2) is 6.26. The third kappa shape index (κ3) is 3.93. The Kier molecular flexibility index (Phi) is 4.42. The number of halogens is 1. The summed E-state index contributed by atoms with van der Waals surface area (Å²) in [7, 11) is 0. The standard InChI is InChI=1S/C14H15ClN2O/c15-12-5-3-6-13(11-12)16-14(18)7-4-10-17-8-1-2-9-17/h1-3,5-6,8-9,11H,4,7,10H2,(H,16,18). The van der Waals surface area contributed by atoms with Crippen molar-refractivity contribution in [2.45, 2.75) is 19.4 Å². The van der Waals surface area contributed by atoms with E-state index >= 15 is 0 Å². The normalized spacial score (nSPS) is 10.3. The van der Waals surface area contributed by atoms with E-state index in [1.165, 1.54) is 0 Å². The van der Waals surface area contributed by atoms with Crippen molar-refractivity contribution < 1.29 is 4.79 Å². The molecule has 1 N–H and O–H groups in total. The Morgan fingerprint density at radius 1 is 1.22 bits per heavy atom. The maximum Gasteiger partial charge on any atom is 0.224 e.